The van der Waals surface area contributed by atoms with Crippen LogP contribution in [0.4, 0.5) is 14.9 Å². The lowest BCUT2D eigenvalue weighted by Crippen LogP contribution is -2.51. The summed E-state index contributed by atoms with van der Waals surface area (Å²) >= 11 is 1.34. The van der Waals surface area contributed by atoms with Gasteiger partial charge in [-0.1, -0.05) is 0 Å². The molecule has 2 fully saturated rings. The Morgan fingerprint density at radius 3 is 2.34 bits per heavy atom. The van der Waals surface area contributed by atoms with Crippen LogP contribution in [-0.2, 0) is 11.8 Å². The van der Waals surface area contributed by atoms with E-state index in [1.165, 1.54) is 40.2 Å². The third kappa shape index (κ3) is 4.24. The van der Waals surface area contributed by atoms with Crippen LogP contribution in [0.3, 0.4) is 0 Å². The highest BCUT2D eigenvalue weighted by Crippen LogP contribution is 2.40. The molecule has 1 aromatic carbocycles. The fourth-order valence-corrected chi connectivity index (χ4v) is 6.24. The predicted octanol–water partition coefficient (Wildman–Crippen LogP) is 3.95. The van der Waals surface area contributed by atoms with Crippen LogP contribution in [0.1, 0.15) is 33.6 Å². The molecule has 2 bridgehead atoms. The van der Waals surface area contributed by atoms with Crippen molar-refractivity contribution in [2.24, 2.45) is 18.9 Å². The predicted molar refractivity (Wildman–Crippen MR) is 134 cm³/mol. The van der Waals surface area contributed by atoms with Crippen LogP contribution in [0.15, 0.2) is 39.2 Å². The highest BCUT2D eigenvalue weighted by molar-refractivity contribution is 7.17. The van der Waals surface area contributed by atoms with Gasteiger partial charge in [-0.25, -0.2) is 18.5 Å². The largest absolute Gasteiger partial charge is 0.444 e. The number of carbonyl (C=O) groups is 1. The van der Waals surface area contributed by atoms with Gasteiger partial charge in [-0.15, -0.1) is 11.3 Å². The number of fused-ring (bicyclic) bond motifs is 3. The summed E-state index contributed by atoms with van der Waals surface area (Å²) in [5.41, 5.74) is -0.442. The summed E-state index contributed by atoms with van der Waals surface area (Å²) < 4.78 is 21.5. The van der Waals surface area contributed by atoms with E-state index >= 15 is 0 Å². The SMILES string of the molecule is Cn1c(=O)n(-c2ccc(F)cc2)c(=O)c2c(NC3C4CCC3CN(C(=O)OC(C)(C)C)C4)csc21. The quantitative estimate of drug-likeness (QED) is 0.589. The molecule has 1 aliphatic carbocycles. The molecule has 35 heavy (non-hydrogen) atoms. The zero-order valence-corrected chi connectivity index (χ0v) is 21.0. The Labute approximate surface area is 205 Å². The van der Waals surface area contributed by atoms with Gasteiger partial charge in [0.2, 0.25) is 0 Å². The van der Waals surface area contributed by atoms with Crippen LogP contribution in [0.2, 0.25) is 0 Å². The fraction of sp³-hybridized carbons (Fsp3) is 0.480. The summed E-state index contributed by atoms with van der Waals surface area (Å²) in [4.78, 5) is 41.5. The second-order valence-electron chi connectivity index (χ2n) is 10.4. The summed E-state index contributed by atoms with van der Waals surface area (Å²) in [7, 11) is 1.63. The van der Waals surface area contributed by atoms with Gasteiger partial charge in [0.1, 0.15) is 16.2 Å². The lowest BCUT2D eigenvalue weighted by Gasteiger charge is -2.39. The normalized spacial score (nSPS) is 22.0. The van der Waals surface area contributed by atoms with Gasteiger partial charge in [0.25, 0.3) is 5.56 Å². The first-order chi connectivity index (χ1) is 16.5. The molecule has 1 saturated heterocycles. The average Bonchev–Trinajstić information content (AvgIpc) is 3.29. The highest BCUT2D eigenvalue weighted by atomic mass is 32.1. The van der Waals surface area contributed by atoms with Crippen LogP contribution in [0.25, 0.3) is 15.9 Å². The van der Waals surface area contributed by atoms with E-state index in [9.17, 15) is 18.8 Å². The van der Waals surface area contributed by atoms with Crippen molar-refractivity contribution in [1.29, 1.82) is 0 Å². The van der Waals surface area contributed by atoms with Gasteiger partial charge in [-0.3, -0.25) is 9.36 Å². The molecule has 186 valence electrons. The second-order valence-corrected chi connectivity index (χ2v) is 11.3. The first kappa shape index (κ1) is 23.6. The third-order valence-corrected chi connectivity index (χ3v) is 7.92. The molecular weight excluding hydrogens is 471 g/mol. The van der Waals surface area contributed by atoms with E-state index in [4.69, 9.17) is 4.74 Å². The number of amides is 1. The molecule has 3 aromatic rings. The first-order valence-corrected chi connectivity index (χ1v) is 12.6. The number of nitrogens with one attached hydrogen (secondary N) is 1. The van der Waals surface area contributed by atoms with Crippen LogP contribution < -0.4 is 16.6 Å². The van der Waals surface area contributed by atoms with E-state index in [0.717, 1.165) is 17.4 Å². The number of rotatable bonds is 3. The number of ether oxygens (including phenoxy) is 1. The summed E-state index contributed by atoms with van der Waals surface area (Å²) in [6.45, 7) is 6.79. The Kier molecular flexibility index (Phi) is 5.74. The number of hydrogen-bond acceptors (Lipinski definition) is 6. The number of carbonyl (C=O) groups excluding carboxylic acids is 1. The zero-order valence-electron chi connectivity index (χ0n) is 20.2. The standard InChI is InChI=1S/C25H29FN4O4S/c1-25(2,3)34-24(33)29-11-14-5-6-15(12-29)20(14)27-18-13-35-22-19(18)21(31)30(23(32)28(22)4)17-9-7-16(26)8-10-17/h7-10,13-15,20,27H,5-6,11-12H2,1-4H3. The van der Waals surface area contributed by atoms with Crippen LogP contribution in [0, 0.1) is 17.7 Å². The van der Waals surface area contributed by atoms with E-state index in [0.29, 0.717) is 34.7 Å². The second kappa shape index (κ2) is 8.51. The highest BCUT2D eigenvalue weighted by Gasteiger charge is 2.44. The topological polar surface area (TPSA) is 85.6 Å². The number of hydrogen-bond donors (Lipinski definition) is 1. The molecule has 2 aromatic heterocycles. The molecule has 1 saturated carbocycles. The lowest BCUT2D eigenvalue weighted by atomic mass is 9.92. The van der Waals surface area contributed by atoms with E-state index in [2.05, 4.69) is 5.32 Å². The van der Waals surface area contributed by atoms with Gasteiger partial charge in [-0.2, -0.15) is 0 Å². The Balaban J connectivity index is 1.46. The van der Waals surface area contributed by atoms with Crippen molar-refractivity contribution < 1.29 is 13.9 Å². The minimum Gasteiger partial charge on any atom is -0.444 e. The van der Waals surface area contributed by atoms with Crippen molar-refractivity contribution in [2.75, 3.05) is 18.4 Å². The average molecular weight is 501 g/mol. The molecule has 5 rings (SSSR count). The Hall–Kier alpha value is -3.14. The van der Waals surface area contributed by atoms with Gasteiger partial charge in [0.15, 0.2) is 0 Å². The number of halogens is 1. The number of benzene rings is 1. The summed E-state index contributed by atoms with van der Waals surface area (Å²) in [6.07, 6.45) is 1.69. The van der Waals surface area contributed by atoms with Gasteiger partial charge in [-0.05, 0) is 69.7 Å². The first-order valence-electron chi connectivity index (χ1n) is 11.8. The number of thiophene rings is 1. The maximum Gasteiger partial charge on any atom is 0.410 e. The molecule has 1 amide bonds. The molecule has 3 heterocycles. The molecule has 0 spiro atoms. The van der Waals surface area contributed by atoms with Crippen molar-refractivity contribution in [3.63, 3.8) is 0 Å². The number of anilines is 1. The molecule has 10 heteroatoms. The molecule has 1 N–H and O–H groups in total. The minimum atomic E-state index is -0.540. The van der Waals surface area contributed by atoms with Crippen molar-refractivity contribution in [3.05, 3.63) is 56.3 Å². The van der Waals surface area contributed by atoms with E-state index in [1.54, 1.807) is 11.9 Å². The van der Waals surface area contributed by atoms with Crippen LogP contribution >= 0.6 is 11.3 Å². The number of likely N-dealkylation sites (tertiary alicyclic amines) is 1. The molecule has 8 nitrogen and oxygen atoms in total. The summed E-state index contributed by atoms with van der Waals surface area (Å²) in [6, 6.07) is 5.43. The fourth-order valence-electron chi connectivity index (χ4n) is 5.27. The van der Waals surface area contributed by atoms with Crippen LogP contribution in [0.5, 0.6) is 0 Å². The number of piperidine rings is 1. The molecule has 2 atom stereocenters. The van der Waals surface area contributed by atoms with Crippen LogP contribution in [-0.4, -0.2) is 44.9 Å². The van der Waals surface area contributed by atoms with Gasteiger partial charge >= 0.3 is 11.8 Å². The minimum absolute atomic E-state index is 0.113. The number of aryl methyl sites for hydroxylation is 1. The summed E-state index contributed by atoms with van der Waals surface area (Å²) in [5, 5.41) is 5.91. The zero-order chi connectivity index (χ0) is 25.1. The van der Waals surface area contributed by atoms with Crippen molar-refractivity contribution in [3.8, 4) is 5.69 Å². The molecule has 1 aliphatic heterocycles. The smallest absolute Gasteiger partial charge is 0.410 e. The molecular formula is C25H29FN4O4S. The van der Waals surface area contributed by atoms with E-state index < -0.39 is 22.7 Å². The molecule has 2 unspecified atom stereocenters. The van der Waals surface area contributed by atoms with Crippen molar-refractivity contribution in [1.82, 2.24) is 14.0 Å². The van der Waals surface area contributed by atoms with E-state index in [-0.39, 0.29) is 24.0 Å². The van der Waals surface area contributed by atoms with Gasteiger partial charge in [0.05, 0.1) is 16.8 Å². The van der Waals surface area contributed by atoms with E-state index in [1.807, 2.05) is 26.2 Å². The van der Waals surface area contributed by atoms with Gasteiger partial charge in [0, 0.05) is 31.6 Å². The molecule has 2 aliphatic rings. The number of nitrogens with zero attached hydrogens (tertiary/aromatic N) is 3. The lowest BCUT2D eigenvalue weighted by molar-refractivity contribution is 0.0142. The van der Waals surface area contributed by atoms with Crippen molar-refractivity contribution in [2.45, 2.75) is 45.3 Å². The third-order valence-electron chi connectivity index (χ3n) is 6.86. The Morgan fingerprint density at radius 2 is 1.74 bits per heavy atom. The Bertz CT molecular complexity index is 1390. The molecule has 0 radical (unpaired) electrons. The summed E-state index contributed by atoms with van der Waals surface area (Å²) in [5.74, 6) is 0.0388. The van der Waals surface area contributed by atoms with Crippen molar-refractivity contribution >= 4 is 33.3 Å². The van der Waals surface area contributed by atoms with Gasteiger partial charge < -0.3 is 15.0 Å². The maximum absolute atomic E-state index is 13.5. The monoisotopic (exact) mass is 500 g/mol. The Morgan fingerprint density at radius 1 is 1.11 bits per heavy atom. The number of aromatic nitrogens is 2. The maximum atomic E-state index is 13.5.